The molecule has 7 heteroatoms. The van der Waals surface area contributed by atoms with Gasteiger partial charge in [0, 0.05) is 5.02 Å². The van der Waals surface area contributed by atoms with E-state index in [0.29, 0.717) is 16.1 Å². The van der Waals surface area contributed by atoms with Gasteiger partial charge in [-0.25, -0.2) is 12.8 Å². The second kappa shape index (κ2) is 6.01. The summed E-state index contributed by atoms with van der Waals surface area (Å²) in [4.78, 5) is -0.487. The molecule has 2 aromatic carbocycles. The fourth-order valence-electron chi connectivity index (χ4n) is 1.78. The molecule has 4 nitrogen and oxygen atoms in total. The molecule has 0 atom stereocenters. The molecule has 0 aliphatic heterocycles. The van der Waals surface area contributed by atoms with Gasteiger partial charge in [-0.15, -0.1) is 0 Å². The quantitative estimate of drug-likeness (QED) is 0.906. The predicted octanol–water partition coefficient (Wildman–Crippen LogP) is 3.08. The summed E-state index contributed by atoms with van der Waals surface area (Å²) in [5.74, 6) is -0.922. The summed E-state index contributed by atoms with van der Waals surface area (Å²) in [6, 6.07) is 8.22. The normalized spacial score (nSPS) is 11.4. The molecule has 0 fully saturated rings. The summed E-state index contributed by atoms with van der Waals surface area (Å²) >= 11 is 5.92. The maximum absolute atomic E-state index is 13.9. The van der Waals surface area contributed by atoms with Crippen LogP contribution in [0.25, 0.3) is 0 Å². The molecule has 0 bridgehead atoms. The summed E-state index contributed by atoms with van der Waals surface area (Å²) in [6.07, 6.45) is 0. The molecule has 2 rings (SSSR count). The smallest absolute Gasteiger partial charge is 0.264 e. The Labute approximate surface area is 127 Å². The Morgan fingerprint density at radius 3 is 2.62 bits per heavy atom. The van der Waals surface area contributed by atoms with E-state index >= 15 is 0 Å². The predicted molar refractivity (Wildman–Crippen MR) is 79.3 cm³/mol. The van der Waals surface area contributed by atoms with Crippen LogP contribution in [-0.2, 0) is 16.6 Å². The molecule has 0 aliphatic rings. The lowest BCUT2D eigenvalue weighted by atomic mass is 10.2. The molecule has 21 heavy (non-hydrogen) atoms. The van der Waals surface area contributed by atoms with Gasteiger partial charge in [-0.2, -0.15) is 0 Å². The molecule has 112 valence electrons. The van der Waals surface area contributed by atoms with Crippen molar-refractivity contribution in [1.82, 2.24) is 0 Å². The van der Waals surface area contributed by atoms with Crippen LogP contribution in [0.15, 0.2) is 41.3 Å². The number of hydrogen-bond acceptors (Lipinski definition) is 3. The Bertz CT molecular complexity index is 778. The third kappa shape index (κ3) is 3.34. The fraction of sp³-hybridized carbons (Fsp3) is 0.143. The van der Waals surface area contributed by atoms with Crippen LogP contribution in [0.1, 0.15) is 11.1 Å². The Kier molecular flexibility index (Phi) is 4.51. The van der Waals surface area contributed by atoms with Crippen LogP contribution < -0.4 is 4.72 Å². The number of aliphatic hydroxyl groups is 1. The molecule has 0 aliphatic carbocycles. The summed E-state index contributed by atoms with van der Waals surface area (Å²) in [5, 5.41) is 9.32. The minimum absolute atomic E-state index is 0.285. The van der Waals surface area contributed by atoms with Crippen molar-refractivity contribution in [3.63, 3.8) is 0 Å². The van der Waals surface area contributed by atoms with Crippen LogP contribution >= 0.6 is 11.6 Å². The van der Waals surface area contributed by atoms with Crippen LogP contribution in [0.2, 0.25) is 5.02 Å². The monoisotopic (exact) mass is 329 g/mol. The third-order valence-electron chi connectivity index (χ3n) is 2.98. The van der Waals surface area contributed by atoms with E-state index in [-0.39, 0.29) is 12.3 Å². The van der Waals surface area contributed by atoms with Gasteiger partial charge in [0.15, 0.2) is 0 Å². The molecule has 0 amide bonds. The van der Waals surface area contributed by atoms with E-state index < -0.39 is 20.7 Å². The molecule has 0 spiro atoms. The zero-order valence-electron chi connectivity index (χ0n) is 11.1. The van der Waals surface area contributed by atoms with Gasteiger partial charge in [-0.1, -0.05) is 23.7 Å². The van der Waals surface area contributed by atoms with Gasteiger partial charge in [0.2, 0.25) is 0 Å². The molecule has 2 aromatic rings. The van der Waals surface area contributed by atoms with Gasteiger partial charge < -0.3 is 5.11 Å². The lowest BCUT2D eigenvalue weighted by molar-refractivity contribution is 0.281. The number of rotatable bonds is 4. The van der Waals surface area contributed by atoms with Crippen molar-refractivity contribution in [3.05, 3.63) is 58.4 Å². The van der Waals surface area contributed by atoms with Crippen LogP contribution in [0.3, 0.4) is 0 Å². The highest BCUT2D eigenvalue weighted by Crippen LogP contribution is 2.26. The lowest BCUT2D eigenvalue weighted by Crippen LogP contribution is -2.15. The van der Waals surface area contributed by atoms with Crippen molar-refractivity contribution in [2.45, 2.75) is 18.4 Å². The molecule has 0 aromatic heterocycles. The van der Waals surface area contributed by atoms with Gasteiger partial charge in [-0.05, 0) is 42.3 Å². The van der Waals surface area contributed by atoms with E-state index in [1.807, 2.05) is 0 Å². The average molecular weight is 330 g/mol. The Morgan fingerprint density at radius 2 is 2.00 bits per heavy atom. The molecule has 2 N–H and O–H groups in total. The maximum atomic E-state index is 13.9. The number of nitrogens with one attached hydrogen (secondary N) is 1. The summed E-state index contributed by atoms with van der Waals surface area (Å²) in [5.41, 5.74) is 1.13. The first-order valence-corrected chi connectivity index (χ1v) is 7.88. The van der Waals surface area contributed by atoms with Gasteiger partial charge in [-0.3, -0.25) is 4.72 Å². The highest BCUT2D eigenvalue weighted by molar-refractivity contribution is 7.92. The number of aliphatic hydroxyl groups excluding tert-OH is 1. The van der Waals surface area contributed by atoms with Gasteiger partial charge in [0.1, 0.15) is 10.7 Å². The molecular weight excluding hydrogens is 317 g/mol. The van der Waals surface area contributed by atoms with Crippen molar-refractivity contribution < 1.29 is 17.9 Å². The number of sulfonamides is 1. The first-order valence-electron chi connectivity index (χ1n) is 6.02. The summed E-state index contributed by atoms with van der Waals surface area (Å²) in [7, 11) is -4.07. The first-order chi connectivity index (χ1) is 9.85. The number of halogens is 2. The largest absolute Gasteiger partial charge is 0.392 e. The SMILES string of the molecule is Cc1c(Cl)cccc1NS(=O)(=O)c1ccc(CO)cc1F. The highest BCUT2D eigenvalue weighted by Gasteiger charge is 2.20. The molecular formula is C14H13ClFNO3S. The molecule has 0 saturated heterocycles. The fourth-order valence-corrected chi connectivity index (χ4v) is 3.14. The van der Waals surface area contributed by atoms with Crippen molar-refractivity contribution in [2.75, 3.05) is 4.72 Å². The first kappa shape index (κ1) is 15.8. The molecule has 0 radical (unpaired) electrons. The van der Waals surface area contributed by atoms with Gasteiger partial charge >= 0.3 is 0 Å². The van der Waals surface area contributed by atoms with E-state index in [1.165, 1.54) is 6.07 Å². The molecule has 0 saturated carbocycles. The molecule has 0 heterocycles. The van der Waals surface area contributed by atoms with Crippen molar-refractivity contribution in [3.8, 4) is 0 Å². The van der Waals surface area contributed by atoms with E-state index in [2.05, 4.69) is 4.72 Å². The van der Waals surface area contributed by atoms with Crippen LogP contribution in [0.4, 0.5) is 10.1 Å². The number of benzene rings is 2. The summed E-state index contributed by atoms with van der Waals surface area (Å²) < 4.78 is 40.6. The van der Waals surface area contributed by atoms with Gasteiger partial charge in [0.25, 0.3) is 10.0 Å². The van der Waals surface area contributed by atoms with Crippen molar-refractivity contribution in [1.29, 1.82) is 0 Å². The lowest BCUT2D eigenvalue weighted by Gasteiger charge is -2.12. The number of hydrogen-bond donors (Lipinski definition) is 2. The Morgan fingerprint density at radius 1 is 1.29 bits per heavy atom. The number of anilines is 1. The second-order valence-corrected chi connectivity index (χ2v) is 6.50. The van der Waals surface area contributed by atoms with Crippen LogP contribution in [-0.4, -0.2) is 13.5 Å². The van der Waals surface area contributed by atoms with Gasteiger partial charge in [0.05, 0.1) is 12.3 Å². The maximum Gasteiger partial charge on any atom is 0.264 e. The third-order valence-corrected chi connectivity index (χ3v) is 4.79. The van der Waals surface area contributed by atoms with Crippen molar-refractivity contribution in [2.24, 2.45) is 0 Å². The Hall–Kier alpha value is -1.63. The topological polar surface area (TPSA) is 66.4 Å². The van der Waals surface area contributed by atoms with Crippen LogP contribution in [0.5, 0.6) is 0 Å². The molecule has 0 unspecified atom stereocenters. The van der Waals surface area contributed by atoms with E-state index in [4.69, 9.17) is 16.7 Å². The van der Waals surface area contributed by atoms with E-state index in [0.717, 1.165) is 12.1 Å². The summed E-state index contributed by atoms with van der Waals surface area (Å²) in [6.45, 7) is 1.30. The average Bonchev–Trinajstić information content (AvgIpc) is 2.43. The zero-order valence-corrected chi connectivity index (χ0v) is 12.7. The minimum Gasteiger partial charge on any atom is -0.392 e. The van der Waals surface area contributed by atoms with Crippen molar-refractivity contribution >= 4 is 27.3 Å². The minimum atomic E-state index is -4.07. The van der Waals surface area contributed by atoms with E-state index in [9.17, 15) is 12.8 Å². The Balaban J connectivity index is 2.41. The second-order valence-electron chi connectivity index (χ2n) is 4.44. The zero-order chi connectivity index (χ0) is 15.6. The van der Waals surface area contributed by atoms with Crippen LogP contribution in [0, 0.1) is 12.7 Å². The standard InChI is InChI=1S/C14H13ClFNO3S/c1-9-11(15)3-2-4-13(9)17-21(19,20)14-6-5-10(8-18)7-12(14)16/h2-7,17-18H,8H2,1H3. The highest BCUT2D eigenvalue weighted by atomic mass is 35.5. The van der Waals surface area contributed by atoms with E-state index in [1.54, 1.807) is 25.1 Å².